The molecule has 0 aromatic heterocycles. The van der Waals surface area contributed by atoms with Crippen LogP contribution in [0.1, 0.15) is 5.56 Å². The molecule has 0 bridgehead atoms. The van der Waals surface area contributed by atoms with E-state index in [1.165, 1.54) is 0 Å². The van der Waals surface area contributed by atoms with Crippen LogP contribution in [-0.4, -0.2) is 16.6 Å². The Morgan fingerprint density at radius 1 is 1.47 bits per heavy atom. The molecule has 0 aliphatic rings. The lowest BCUT2D eigenvalue weighted by molar-refractivity contribution is -0.385. The minimum atomic E-state index is -3.48. The smallest absolute Gasteiger partial charge is 0.296 e. The molecule has 1 rings (SSSR count). The van der Waals surface area contributed by atoms with E-state index in [0.29, 0.717) is 0 Å². The lowest BCUT2D eigenvalue weighted by atomic mass is 10.1. The molecule has 1 aromatic rings. The first kappa shape index (κ1) is 12.0. The maximum atomic E-state index is 13.0. The van der Waals surface area contributed by atoms with E-state index in [2.05, 4.69) is 15.9 Å². The van der Waals surface area contributed by atoms with E-state index in [0.717, 1.165) is 18.2 Å². The number of hydrogen-bond acceptors (Lipinski definition) is 3. The molecule has 0 unspecified atom stereocenters. The predicted octanol–water partition coefficient (Wildman–Crippen LogP) is 2.44. The molecular weight excluding hydrogens is 276 g/mol. The molecule has 0 spiro atoms. The Morgan fingerprint density at radius 2 is 2.07 bits per heavy atom. The quantitative estimate of drug-likeness (QED) is 0.684. The molecule has 0 aliphatic heterocycles. The summed E-state index contributed by atoms with van der Waals surface area (Å²) in [5.74, 6) is -3.48. The minimum absolute atomic E-state index is 0.167. The molecular formula is C8H6BrF2NO3. The lowest BCUT2D eigenvalue weighted by Crippen LogP contribution is -2.18. The number of benzene rings is 1. The van der Waals surface area contributed by atoms with E-state index in [-0.39, 0.29) is 4.47 Å². The average molecular weight is 282 g/mol. The number of aliphatic hydroxyl groups excluding tert-OH is 1. The van der Waals surface area contributed by atoms with E-state index < -0.39 is 28.7 Å². The normalized spacial score (nSPS) is 11.5. The van der Waals surface area contributed by atoms with Gasteiger partial charge in [0, 0.05) is 22.2 Å². The molecule has 0 amide bonds. The highest BCUT2D eigenvalue weighted by Crippen LogP contribution is 2.32. The van der Waals surface area contributed by atoms with E-state index in [4.69, 9.17) is 5.11 Å². The van der Waals surface area contributed by atoms with Gasteiger partial charge in [-0.1, -0.05) is 15.9 Å². The number of alkyl halides is 2. The molecule has 0 fully saturated rings. The van der Waals surface area contributed by atoms with Crippen molar-refractivity contribution in [1.29, 1.82) is 0 Å². The highest BCUT2D eigenvalue weighted by atomic mass is 79.9. The standard InChI is InChI=1S/C8H6BrF2NO3/c9-6-1-5(8(10,11)4-13)2-7(3-6)12(14)15/h1-3,13H,4H2. The maximum absolute atomic E-state index is 13.0. The molecule has 0 atom stereocenters. The van der Waals surface area contributed by atoms with Crippen molar-refractivity contribution in [2.24, 2.45) is 0 Å². The maximum Gasteiger partial charge on any atom is 0.296 e. The molecule has 0 saturated heterocycles. The fraction of sp³-hybridized carbons (Fsp3) is 0.250. The van der Waals surface area contributed by atoms with Crippen molar-refractivity contribution < 1.29 is 18.8 Å². The molecule has 7 heteroatoms. The fourth-order valence-electron chi connectivity index (χ4n) is 0.982. The van der Waals surface area contributed by atoms with Crippen LogP contribution in [0.4, 0.5) is 14.5 Å². The summed E-state index contributed by atoms with van der Waals surface area (Å²) in [6.45, 7) is -1.39. The second-order valence-electron chi connectivity index (χ2n) is 2.82. The summed E-state index contributed by atoms with van der Waals surface area (Å²) in [5.41, 5.74) is -1.04. The van der Waals surface area contributed by atoms with Gasteiger partial charge >= 0.3 is 0 Å². The third-order valence-electron chi connectivity index (χ3n) is 1.71. The zero-order valence-corrected chi connectivity index (χ0v) is 8.87. The number of aliphatic hydroxyl groups is 1. The Labute approximate surface area is 91.8 Å². The molecule has 4 nitrogen and oxygen atoms in total. The summed E-state index contributed by atoms with van der Waals surface area (Å²) in [6.07, 6.45) is 0. The van der Waals surface area contributed by atoms with E-state index in [1.54, 1.807) is 0 Å². The minimum Gasteiger partial charge on any atom is -0.390 e. The summed E-state index contributed by atoms with van der Waals surface area (Å²) in [7, 11) is 0. The summed E-state index contributed by atoms with van der Waals surface area (Å²) in [6, 6.07) is 2.88. The second kappa shape index (κ2) is 4.19. The van der Waals surface area contributed by atoms with Crippen molar-refractivity contribution in [3.63, 3.8) is 0 Å². The highest BCUT2D eigenvalue weighted by molar-refractivity contribution is 9.10. The molecule has 82 valence electrons. The van der Waals surface area contributed by atoms with Crippen LogP contribution < -0.4 is 0 Å². The van der Waals surface area contributed by atoms with Gasteiger partial charge in [0.1, 0.15) is 6.61 Å². The number of rotatable bonds is 3. The summed E-state index contributed by atoms with van der Waals surface area (Å²) in [5, 5.41) is 18.8. The van der Waals surface area contributed by atoms with E-state index >= 15 is 0 Å². The molecule has 0 radical (unpaired) electrons. The van der Waals surface area contributed by atoms with Crippen LogP contribution >= 0.6 is 15.9 Å². The van der Waals surface area contributed by atoms with Gasteiger partial charge in [0.2, 0.25) is 0 Å². The van der Waals surface area contributed by atoms with Gasteiger partial charge in [-0.05, 0) is 6.07 Å². The first-order valence-corrected chi connectivity index (χ1v) is 4.60. The van der Waals surface area contributed by atoms with Crippen LogP contribution in [0.15, 0.2) is 22.7 Å². The van der Waals surface area contributed by atoms with Crippen LogP contribution in [0.2, 0.25) is 0 Å². The summed E-state index contributed by atoms with van der Waals surface area (Å²) >= 11 is 2.88. The molecule has 1 aromatic carbocycles. The largest absolute Gasteiger partial charge is 0.390 e. The predicted molar refractivity (Wildman–Crippen MR) is 51.8 cm³/mol. The van der Waals surface area contributed by atoms with Gasteiger partial charge in [-0.2, -0.15) is 8.78 Å². The van der Waals surface area contributed by atoms with Crippen LogP contribution in [-0.2, 0) is 5.92 Å². The molecule has 0 heterocycles. The summed E-state index contributed by atoms with van der Waals surface area (Å²) in [4.78, 5) is 9.62. The van der Waals surface area contributed by atoms with E-state index in [1.807, 2.05) is 0 Å². The van der Waals surface area contributed by atoms with Crippen molar-refractivity contribution in [2.75, 3.05) is 6.61 Å². The molecule has 0 saturated carbocycles. The molecule has 15 heavy (non-hydrogen) atoms. The Morgan fingerprint density at radius 3 is 2.53 bits per heavy atom. The number of nitro benzene ring substituents is 1. The Bertz CT molecular complexity index is 397. The SMILES string of the molecule is O=[N+]([O-])c1cc(Br)cc(C(F)(F)CO)c1. The van der Waals surface area contributed by atoms with Gasteiger partial charge in [0.25, 0.3) is 11.6 Å². The first-order chi connectivity index (χ1) is 6.86. The Hall–Kier alpha value is -1.08. The Balaban J connectivity index is 3.26. The van der Waals surface area contributed by atoms with Crippen LogP contribution in [0.25, 0.3) is 0 Å². The van der Waals surface area contributed by atoms with Crippen molar-refractivity contribution in [1.82, 2.24) is 0 Å². The van der Waals surface area contributed by atoms with Crippen molar-refractivity contribution >= 4 is 21.6 Å². The van der Waals surface area contributed by atoms with Crippen molar-refractivity contribution in [3.8, 4) is 0 Å². The Kier molecular flexibility index (Phi) is 3.35. The van der Waals surface area contributed by atoms with Gasteiger partial charge in [-0.25, -0.2) is 0 Å². The van der Waals surface area contributed by atoms with Crippen molar-refractivity contribution in [3.05, 3.63) is 38.3 Å². The van der Waals surface area contributed by atoms with Crippen LogP contribution in [0, 0.1) is 10.1 Å². The molecule has 1 N–H and O–H groups in total. The van der Waals surface area contributed by atoms with Gasteiger partial charge in [0.15, 0.2) is 0 Å². The van der Waals surface area contributed by atoms with E-state index in [9.17, 15) is 18.9 Å². The number of nitrogens with zero attached hydrogens (tertiary/aromatic N) is 1. The van der Waals surface area contributed by atoms with Gasteiger partial charge in [0.05, 0.1) is 4.92 Å². The monoisotopic (exact) mass is 281 g/mol. The summed E-state index contributed by atoms with van der Waals surface area (Å²) < 4.78 is 26.2. The fourth-order valence-corrected chi connectivity index (χ4v) is 1.46. The average Bonchev–Trinajstić information content (AvgIpc) is 2.16. The van der Waals surface area contributed by atoms with Crippen LogP contribution in [0.5, 0.6) is 0 Å². The van der Waals surface area contributed by atoms with Gasteiger partial charge in [-0.3, -0.25) is 10.1 Å². The third kappa shape index (κ3) is 2.69. The van der Waals surface area contributed by atoms with Gasteiger partial charge in [-0.15, -0.1) is 0 Å². The number of hydrogen-bond donors (Lipinski definition) is 1. The van der Waals surface area contributed by atoms with Gasteiger partial charge < -0.3 is 5.11 Å². The number of non-ortho nitro benzene ring substituents is 1. The van der Waals surface area contributed by atoms with Crippen LogP contribution in [0.3, 0.4) is 0 Å². The second-order valence-corrected chi connectivity index (χ2v) is 3.73. The van der Waals surface area contributed by atoms with Crippen molar-refractivity contribution in [2.45, 2.75) is 5.92 Å². The zero-order valence-electron chi connectivity index (χ0n) is 7.28. The lowest BCUT2D eigenvalue weighted by Gasteiger charge is -2.13. The topological polar surface area (TPSA) is 63.4 Å². The number of nitro groups is 1. The first-order valence-electron chi connectivity index (χ1n) is 3.81. The zero-order chi connectivity index (χ0) is 11.6. The highest BCUT2D eigenvalue weighted by Gasteiger charge is 2.32. The third-order valence-corrected chi connectivity index (χ3v) is 2.17. The number of halogens is 3. The molecule has 0 aliphatic carbocycles.